The number of aliphatic hydroxyl groups is 1. The van der Waals surface area contributed by atoms with Crippen molar-refractivity contribution in [2.24, 2.45) is 11.8 Å². The molecule has 0 unspecified atom stereocenters. The number of fused-ring (bicyclic) bond motifs is 7. The minimum atomic E-state index is -1.84. The predicted molar refractivity (Wildman–Crippen MR) is 350 cm³/mol. The number of hydrogen-bond acceptors (Lipinski definition) is 17. The van der Waals surface area contributed by atoms with Gasteiger partial charge in [0.15, 0.2) is 5.72 Å². The summed E-state index contributed by atoms with van der Waals surface area (Å²) >= 11 is 6.84. The van der Waals surface area contributed by atoms with Crippen molar-refractivity contribution < 1.29 is 81.3 Å². The molecule has 0 aromatic heterocycles. The number of rotatable bonds is 28. The van der Waals surface area contributed by atoms with Crippen LogP contribution in [0.1, 0.15) is 94.9 Å². The molecule has 4 aliphatic heterocycles. The number of likely N-dealkylation sites (N-methyl/N-ethyl adjacent to an activating group) is 2. The first kappa shape index (κ1) is 72.9. The van der Waals surface area contributed by atoms with Crippen LogP contribution in [0.5, 0.6) is 5.75 Å². The third-order valence-electron chi connectivity index (χ3n) is 17.3. The fourth-order valence-corrected chi connectivity index (χ4v) is 11.7. The number of nitrogens with zero attached hydrogens (tertiary/aromatic N) is 4. The number of hydrogen-bond donors (Lipinski definition) is 3. The third-order valence-corrected chi connectivity index (χ3v) is 17.7. The molecular weight excluding hydrogens is 1220 g/mol. The molecule has 0 radical (unpaired) electrons. The zero-order chi connectivity index (χ0) is 67.2. The minimum absolute atomic E-state index is 0.00159. The summed E-state index contributed by atoms with van der Waals surface area (Å²) in [4.78, 5) is 99.0. The Morgan fingerprint density at radius 1 is 0.871 bits per heavy atom. The van der Waals surface area contributed by atoms with Crippen molar-refractivity contribution >= 4 is 76.7 Å². The molecule has 0 spiro atoms. The number of epoxide rings is 1. The van der Waals surface area contributed by atoms with Gasteiger partial charge in [-0.2, -0.15) is 0 Å². The van der Waals surface area contributed by atoms with Gasteiger partial charge in [-0.25, -0.2) is 9.59 Å². The lowest BCUT2D eigenvalue weighted by Gasteiger charge is -2.42. The first-order valence-corrected chi connectivity index (χ1v) is 31.9. The Morgan fingerprint density at radius 3 is 2.24 bits per heavy atom. The van der Waals surface area contributed by atoms with E-state index in [-0.39, 0.29) is 99.3 Å². The highest BCUT2D eigenvalue weighted by molar-refractivity contribution is 6.35. The summed E-state index contributed by atoms with van der Waals surface area (Å²) in [6.07, 6.45) is 9.76. The van der Waals surface area contributed by atoms with Gasteiger partial charge in [0, 0.05) is 91.7 Å². The number of benzene rings is 3. The van der Waals surface area contributed by atoms with Gasteiger partial charge in [0.25, 0.3) is 0 Å². The molecule has 0 saturated carbocycles. The van der Waals surface area contributed by atoms with E-state index in [2.05, 4.69) is 16.7 Å². The van der Waals surface area contributed by atoms with Crippen LogP contribution in [0, 0.1) is 11.8 Å². The number of methoxy groups -OCH3 is 2. The van der Waals surface area contributed by atoms with Gasteiger partial charge in [0.05, 0.1) is 95.9 Å². The molecule has 3 aromatic rings. The molecule has 7 rings (SSSR count). The molecule has 24 heteroatoms. The van der Waals surface area contributed by atoms with Gasteiger partial charge >= 0.3 is 12.1 Å². The van der Waals surface area contributed by atoms with Crippen LogP contribution >= 0.6 is 11.6 Å². The molecule has 2 saturated heterocycles. The lowest BCUT2D eigenvalue weighted by molar-refractivity contribution is -0.149. The Morgan fingerprint density at radius 2 is 1.53 bits per heavy atom. The van der Waals surface area contributed by atoms with Gasteiger partial charge < -0.3 is 72.7 Å². The topological polar surface area (TPSA) is 263 Å². The zero-order valence-electron chi connectivity index (χ0n) is 54.9. The fourth-order valence-electron chi connectivity index (χ4n) is 11.4. The van der Waals surface area contributed by atoms with E-state index in [1.165, 1.54) is 49.2 Å². The summed E-state index contributed by atoms with van der Waals surface area (Å²) in [5.41, 5.74) is 3.12. The molecule has 4 bridgehead atoms. The normalized spacial score (nSPS) is 23.6. The molecular formula is C69H91ClN6O17. The molecule has 4 heterocycles. The number of anilines is 2. The van der Waals surface area contributed by atoms with Gasteiger partial charge in [0.1, 0.15) is 29.0 Å². The molecule has 93 heavy (non-hydrogen) atoms. The number of halogens is 1. The summed E-state index contributed by atoms with van der Waals surface area (Å²) < 4.78 is 51.4. The summed E-state index contributed by atoms with van der Waals surface area (Å²) in [5, 5.41) is 17.5. The second-order valence-corrected chi connectivity index (χ2v) is 24.3. The Hall–Kier alpha value is -7.48. The van der Waals surface area contributed by atoms with Crippen molar-refractivity contribution in [2.45, 2.75) is 121 Å². The van der Waals surface area contributed by atoms with Gasteiger partial charge in [-0.1, -0.05) is 96.9 Å². The number of allylic oxidation sites excluding steroid dienone is 3. The first-order valence-electron chi connectivity index (χ1n) is 31.6. The average Bonchev–Trinajstić information content (AvgIpc) is 1.58. The monoisotopic (exact) mass is 1310 g/mol. The summed E-state index contributed by atoms with van der Waals surface area (Å²) in [6.45, 7) is 10.5. The largest absolute Gasteiger partial charge is 0.495 e. The number of alkyl carbamates (subject to hydrolysis) is 1. The number of esters is 1. The predicted octanol–water partition coefficient (Wildman–Crippen LogP) is 7.58. The van der Waals surface area contributed by atoms with E-state index in [1.807, 2.05) is 87.5 Å². The smallest absolute Gasteiger partial charge is 0.409 e. The SMILES string of the molecule is COc1cc2cc(c1Cl)N(C)C(=O)C[C@H](/C=C/OC(=O)[C@H](C)N(C)C(=O)CCCC(=O)N(C)CCOCCOCCOCCOCCC(=O)NCCC(=O)N1Cc3ccccc3/C=C\c3ccccc31)[C@]1(C)O[C@H]1[C@H](C)[C@@H]1C[C@@](O)(NC(=O)O1)[C@H](OC)/C=C/C=C(/C)C2. The molecule has 23 nitrogen and oxygen atoms in total. The summed E-state index contributed by atoms with van der Waals surface area (Å²) in [6, 6.07) is 18.4. The number of ether oxygens (including phenoxy) is 9. The van der Waals surface area contributed by atoms with E-state index in [4.69, 9.17) is 54.2 Å². The fraction of sp³-hybridized carbons (Fsp3) is 0.522. The number of carbonyl (C=O) groups is 7. The summed E-state index contributed by atoms with van der Waals surface area (Å²) in [5.74, 6) is -2.79. The standard InChI is InChI=1S/C69H91ClN6O17/c1-46-16-14-21-58(86-9)69(84)44-57(92-67(83)72-69)47(2)65-68(4,93-65)53(43-63(81)75(7)55-41-49(40-46)42-56(85-8)64(55)70)27-32-91-66(82)48(3)74(6)61(79)23-15-22-60(78)73(5)30-33-88-35-37-90-39-38-89-36-34-87-31-28-59(77)71-29-26-62(80)76-45-52-19-11-10-17-50(52)24-25-51-18-12-13-20-54(51)76/h10-14,16-21,24-25,27,32,41-42,47-48,53,57-58,65,84H,15,22-23,26,28-31,33-40,43-45H2,1-9H3,(H,71,77)(H,72,83)/b21-14+,25-24-,32-27+,46-16-/t47-,48+,53+,57+,58-,65+,68+,69+/m1/s1. The van der Waals surface area contributed by atoms with Gasteiger partial charge in [-0.3, -0.25) is 29.3 Å². The summed E-state index contributed by atoms with van der Waals surface area (Å²) in [7, 11) is 7.66. The van der Waals surface area contributed by atoms with Gasteiger partial charge in [0.2, 0.25) is 29.5 Å². The number of carbonyl (C=O) groups excluding carboxylic acids is 7. The Labute approximate surface area is 550 Å². The van der Waals surface area contributed by atoms with E-state index in [0.717, 1.165) is 33.5 Å². The van der Waals surface area contributed by atoms with Gasteiger partial charge in [-0.15, -0.1) is 0 Å². The Balaban J connectivity index is 0.761. The van der Waals surface area contributed by atoms with E-state index >= 15 is 0 Å². The molecule has 6 amide bonds. The first-order chi connectivity index (χ1) is 44.6. The van der Waals surface area contributed by atoms with E-state index in [1.54, 1.807) is 43.3 Å². The quantitative estimate of drug-likeness (QED) is 0.0274. The second-order valence-electron chi connectivity index (χ2n) is 23.9. The van der Waals surface area contributed by atoms with E-state index in [0.29, 0.717) is 70.6 Å². The second kappa shape index (κ2) is 35.1. The molecule has 4 aliphatic rings. The van der Waals surface area contributed by atoms with Crippen LogP contribution in [0.15, 0.2) is 96.8 Å². The van der Waals surface area contributed by atoms with Crippen LogP contribution in [0.25, 0.3) is 12.2 Å². The molecule has 8 atom stereocenters. The van der Waals surface area contributed by atoms with Crippen LogP contribution in [0.3, 0.4) is 0 Å². The highest BCUT2D eigenvalue weighted by atomic mass is 35.5. The maximum absolute atomic E-state index is 14.4. The Kier molecular flexibility index (Phi) is 27.6. The Bertz CT molecular complexity index is 3210. The molecule has 2 fully saturated rings. The highest BCUT2D eigenvalue weighted by Gasteiger charge is 2.62. The molecule has 3 N–H and O–H groups in total. The van der Waals surface area contributed by atoms with E-state index in [9.17, 15) is 38.7 Å². The highest BCUT2D eigenvalue weighted by Crippen LogP contribution is 2.51. The van der Waals surface area contributed by atoms with Crippen LogP contribution in [-0.2, 0) is 79.6 Å². The van der Waals surface area contributed by atoms with Crippen molar-refractivity contribution in [3.63, 3.8) is 0 Å². The van der Waals surface area contributed by atoms with Crippen LogP contribution in [0.4, 0.5) is 16.2 Å². The van der Waals surface area contributed by atoms with Crippen molar-refractivity contribution in [1.82, 2.24) is 20.4 Å². The lowest BCUT2D eigenvalue weighted by Crippen LogP contribution is -2.63. The average molecular weight is 1310 g/mol. The minimum Gasteiger partial charge on any atom is -0.495 e. The van der Waals surface area contributed by atoms with E-state index < -0.39 is 59.6 Å². The van der Waals surface area contributed by atoms with Crippen LogP contribution < -0.4 is 25.2 Å². The maximum Gasteiger partial charge on any atom is 0.409 e. The number of nitrogens with one attached hydrogen (secondary N) is 2. The number of amides is 6. The van der Waals surface area contributed by atoms with Crippen molar-refractivity contribution in [2.75, 3.05) is 111 Å². The molecule has 506 valence electrons. The van der Waals surface area contributed by atoms with Gasteiger partial charge in [-0.05, 0) is 80.1 Å². The molecule has 0 aliphatic carbocycles. The molecule has 3 aromatic carbocycles. The van der Waals surface area contributed by atoms with Crippen LogP contribution in [0.2, 0.25) is 5.02 Å². The third kappa shape index (κ3) is 20.5. The van der Waals surface area contributed by atoms with Crippen molar-refractivity contribution in [3.05, 3.63) is 124 Å². The zero-order valence-corrected chi connectivity index (χ0v) is 55.6. The van der Waals surface area contributed by atoms with Crippen molar-refractivity contribution in [1.29, 1.82) is 0 Å². The van der Waals surface area contributed by atoms with Crippen LogP contribution in [-0.4, -0.2) is 193 Å². The lowest BCUT2D eigenvalue weighted by atomic mass is 9.80. The maximum atomic E-state index is 14.4. The van der Waals surface area contributed by atoms with Crippen molar-refractivity contribution in [3.8, 4) is 5.75 Å². The number of para-hydroxylation sites is 1.